The first kappa shape index (κ1) is 30.5. The van der Waals surface area contributed by atoms with Crippen molar-refractivity contribution >= 4 is 48.8 Å². The van der Waals surface area contributed by atoms with Crippen LogP contribution < -0.4 is 0 Å². The van der Waals surface area contributed by atoms with E-state index in [1.165, 1.54) is 89.7 Å². The summed E-state index contributed by atoms with van der Waals surface area (Å²) in [6.07, 6.45) is 16.1. The van der Waals surface area contributed by atoms with Gasteiger partial charge >= 0.3 is 0 Å². The maximum Gasteiger partial charge on any atom is 0.0537 e. The zero-order valence-corrected chi connectivity index (χ0v) is 30.7. The lowest BCUT2D eigenvalue weighted by Crippen LogP contribution is -2.48. The van der Waals surface area contributed by atoms with Gasteiger partial charge in [-0.1, -0.05) is 143 Å². The summed E-state index contributed by atoms with van der Waals surface area (Å²) in [7, 11) is 0. The molecular weight excluding hydrogens is 627 g/mol. The number of aromatic nitrogens is 1. The molecule has 0 aliphatic heterocycles. The third kappa shape index (κ3) is 4.11. The van der Waals surface area contributed by atoms with Crippen molar-refractivity contribution in [3.05, 3.63) is 168 Å². The van der Waals surface area contributed by atoms with Gasteiger partial charge in [0.25, 0.3) is 0 Å². The number of para-hydroxylation sites is 2. The molecule has 1 saturated carbocycles. The molecule has 0 bridgehead atoms. The van der Waals surface area contributed by atoms with Crippen molar-refractivity contribution in [1.29, 1.82) is 0 Å². The van der Waals surface area contributed by atoms with Crippen LogP contribution in [0.5, 0.6) is 0 Å². The Hall–Kier alpha value is -5.14. The van der Waals surface area contributed by atoms with Gasteiger partial charge in [-0.3, -0.25) is 0 Å². The predicted octanol–water partition coefficient (Wildman–Crippen LogP) is 13.2. The molecule has 0 radical (unpaired) electrons. The van der Waals surface area contributed by atoms with E-state index in [-0.39, 0.29) is 10.8 Å². The van der Waals surface area contributed by atoms with Crippen LogP contribution in [0.2, 0.25) is 0 Å². The van der Waals surface area contributed by atoms with Gasteiger partial charge in [0, 0.05) is 23.1 Å². The minimum atomic E-state index is -0.0668. The number of hydrogen-bond acceptors (Lipinski definition) is 0. The van der Waals surface area contributed by atoms with Gasteiger partial charge in [-0.05, 0) is 126 Å². The number of benzene rings is 6. The van der Waals surface area contributed by atoms with Crippen LogP contribution in [-0.2, 0) is 17.3 Å². The van der Waals surface area contributed by atoms with Crippen molar-refractivity contribution in [3.63, 3.8) is 0 Å². The third-order valence-corrected chi connectivity index (χ3v) is 13.8. The van der Waals surface area contributed by atoms with E-state index in [1.807, 2.05) is 0 Å². The monoisotopic (exact) mass is 671 g/mol. The fraction of sp³-hybridized carbons (Fsp3) is 0.255. The van der Waals surface area contributed by atoms with Crippen molar-refractivity contribution < 1.29 is 0 Å². The van der Waals surface area contributed by atoms with E-state index in [0.29, 0.717) is 17.8 Å². The molecular formula is C51H45N. The third-order valence-electron chi connectivity index (χ3n) is 13.8. The Morgan fingerprint density at radius 3 is 1.87 bits per heavy atom. The van der Waals surface area contributed by atoms with Crippen molar-refractivity contribution in [1.82, 2.24) is 4.57 Å². The molecule has 1 fully saturated rings. The van der Waals surface area contributed by atoms with E-state index < -0.39 is 0 Å². The zero-order valence-electron chi connectivity index (χ0n) is 30.7. The molecule has 4 aliphatic rings. The zero-order chi connectivity index (χ0) is 34.9. The summed E-state index contributed by atoms with van der Waals surface area (Å²) in [6, 6.07) is 41.5. The maximum atomic E-state index is 2.66. The highest BCUT2D eigenvalue weighted by molar-refractivity contribution is 6.25. The molecule has 254 valence electrons. The van der Waals surface area contributed by atoms with Crippen molar-refractivity contribution in [3.8, 4) is 5.69 Å². The molecule has 1 nitrogen and oxygen atoms in total. The van der Waals surface area contributed by atoms with E-state index in [2.05, 4.69) is 172 Å². The Bertz CT molecular complexity index is 2740. The Labute approximate surface area is 307 Å². The summed E-state index contributed by atoms with van der Waals surface area (Å²) < 4.78 is 2.62. The quantitative estimate of drug-likeness (QED) is 0.127. The Morgan fingerprint density at radius 1 is 0.596 bits per heavy atom. The molecule has 0 N–H and O–H groups in total. The average Bonchev–Trinajstić information content (AvgIpc) is 3.85. The van der Waals surface area contributed by atoms with Crippen molar-refractivity contribution in [2.24, 2.45) is 17.8 Å². The van der Waals surface area contributed by atoms with Gasteiger partial charge < -0.3 is 4.57 Å². The summed E-state index contributed by atoms with van der Waals surface area (Å²) in [5.74, 6) is 2.22. The molecule has 1 heteroatoms. The van der Waals surface area contributed by atoms with Crippen LogP contribution in [0.1, 0.15) is 74.4 Å². The number of allylic oxidation sites excluding steroid dienone is 6. The van der Waals surface area contributed by atoms with E-state index in [0.717, 1.165) is 12.3 Å². The fourth-order valence-electron chi connectivity index (χ4n) is 11.0. The molecule has 4 aliphatic carbocycles. The van der Waals surface area contributed by atoms with Gasteiger partial charge in [0.05, 0.1) is 11.2 Å². The van der Waals surface area contributed by atoms with Gasteiger partial charge in [0.15, 0.2) is 0 Å². The number of fused-ring (bicyclic) bond motifs is 13. The van der Waals surface area contributed by atoms with Crippen LogP contribution in [-0.4, -0.2) is 4.57 Å². The smallest absolute Gasteiger partial charge is 0.0537 e. The van der Waals surface area contributed by atoms with Crippen LogP contribution in [0.4, 0.5) is 0 Å². The molecule has 1 heterocycles. The summed E-state index contributed by atoms with van der Waals surface area (Å²) >= 11 is 0. The highest BCUT2D eigenvalue weighted by atomic mass is 15.0. The second kappa shape index (κ2) is 10.7. The van der Waals surface area contributed by atoms with Gasteiger partial charge in [0.1, 0.15) is 0 Å². The van der Waals surface area contributed by atoms with E-state index >= 15 is 0 Å². The average molecular weight is 672 g/mol. The molecule has 0 amide bonds. The number of hydrogen-bond donors (Lipinski definition) is 0. The Balaban J connectivity index is 1.10. The Kier molecular flexibility index (Phi) is 6.27. The number of nitrogens with zero attached hydrogens (tertiary/aromatic N) is 1. The fourth-order valence-corrected chi connectivity index (χ4v) is 11.0. The van der Waals surface area contributed by atoms with Crippen LogP contribution in [0, 0.1) is 17.8 Å². The summed E-state index contributed by atoms with van der Waals surface area (Å²) in [5.41, 5.74) is 11.3. The largest absolute Gasteiger partial charge is 0.312 e. The standard InChI is InChI=1S/C51H45N/c1-50(2)42-26-25-32(33-16-10-13-22-46(33)52-47-23-14-11-21-38(47)49-39-27-31(39)15-5-12-24-48(49)52)28-43(42)51(3,4)45-30-41-37-20-9-7-18-35(37)34-17-6-8-19-36(34)40(41)29-44(45)50/h5-14,16-23,25-26,28-31,39,42-43H,15,24,27H2,1-4H3/b12-5-. The minimum absolute atomic E-state index is 0.0336. The second-order valence-corrected chi connectivity index (χ2v) is 17.3. The molecule has 52 heavy (non-hydrogen) atoms. The van der Waals surface area contributed by atoms with Gasteiger partial charge in [-0.15, -0.1) is 0 Å². The molecule has 6 aromatic carbocycles. The van der Waals surface area contributed by atoms with Crippen LogP contribution in [0.25, 0.3) is 54.5 Å². The second-order valence-electron chi connectivity index (χ2n) is 17.3. The van der Waals surface area contributed by atoms with E-state index in [9.17, 15) is 0 Å². The summed E-state index contributed by atoms with van der Waals surface area (Å²) in [5, 5.41) is 9.59. The molecule has 0 saturated heterocycles. The Morgan fingerprint density at radius 2 is 1.17 bits per heavy atom. The summed E-state index contributed by atoms with van der Waals surface area (Å²) in [6.45, 7) is 10.0. The van der Waals surface area contributed by atoms with Crippen molar-refractivity contribution in [2.45, 2.75) is 63.7 Å². The lowest BCUT2D eigenvalue weighted by Gasteiger charge is -2.53. The molecule has 4 unspecified atom stereocenters. The predicted molar refractivity (Wildman–Crippen MR) is 221 cm³/mol. The maximum absolute atomic E-state index is 2.66. The van der Waals surface area contributed by atoms with Gasteiger partial charge in [-0.25, -0.2) is 0 Å². The molecule has 0 spiro atoms. The molecule has 7 aromatic rings. The first-order valence-corrected chi connectivity index (χ1v) is 19.5. The van der Waals surface area contributed by atoms with E-state index in [4.69, 9.17) is 0 Å². The van der Waals surface area contributed by atoms with Gasteiger partial charge in [-0.2, -0.15) is 0 Å². The normalized spacial score (nSPS) is 24.4. The van der Waals surface area contributed by atoms with Crippen LogP contribution >= 0.6 is 0 Å². The van der Waals surface area contributed by atoms with Gasteiger partial charge in [0.2, 0.25) is 0 Å². The SMILES string of the molecule is CC1(C)c2cc3c4ccccc4c4ccccc4c3cc2C(C)(C)C2C=C(c3ccccc3-n3c4c(c5ccccc53)C3CC3C/C=C\C4)C=CC21. The molecule has 1 aromatic heterocycles. The lowest BCUT2D eigenvalue weighted by molar-refractivity contribution is 0.191. The van der Waals surface area contributed by atoms with E-state index in [1.54, 1.807) is 5.56 Å². The molecule has 4 atom stereocenters. The highest BCUT2D eigenvalue weighted by Crippen LogP contribution is 2.58. The van der Waals surface area contributed by atoms with Crippen LogP contribution in [0.15, 0.2) is 140 Å². The van der Waals surface area contributed by atoms with Crippen molar-refractivity contribution in [2.75, 3.05) is 0 Å². The topological polar surface area (TPSA) is 4.93 Å². The summed E-state index contributed by atoms with van der Waals surface area (Å²) in [4.78, 5) is 0. The first-order chi connectivity index (χ1) is 25.3. The number of rotatable bonds is 2. The highest BCUT2D eigenvalue weighted by Gasteiger charge is 2.50. The molecule has 11 rings (SSSR count). The van der Waals surface area contributed by atoms with Crippen LogP contribution in [0.3, 0.4) is 0 Å². The first-order valence-electron chi connectivity index (χ1n) is 19.5. The lowest BCUT2D eigenvalue weighted by atomic mass is 9.51. The minimum Gasteiger partial charge on any atom is -0.312 e.